The Hall–Kier alpha value is -1.75. The molecule has 2 atom stereocenters. The largest absolute Gasteiger partial charge is 0.491 e. The fourth-order valence-corrected chi connectivity index (χ4v) is 1.92. The number of hydrogen-bond acceptors (Lipinski definition) is 3. The second-order valence-corrected chi connectivity index (χ2v) is 6.80. The van der Waals surface area contributed by atoms with Gasteiger partial charge in [0.25, 0.3) is 0 Å². The second kappa shape index (κ2) is 8.20. The number of carbonyl (C=O) groups excluding carboxylic acids is 1. The molecular formula is C18H30N2O3. The lowest BCUT2D eigenvalue weighted by Crippen LogP contribution is -2.47. The minimum absolute atomic E-state index is 0.0603. The SMILES string of the molecule is CC(C)Oc1cccc(C(C)NC(=O)NCC(C)(O)C(C)C)c1. The van der Waals surface area contributed by atoms with Crippen molar-refractivity contribution in [2.75, 3.05) is 6.54 Å². The zero-order valence-corrected chi connectivity index (χ0v) is 15.0. The quantitative estimate of drug-likeness (QED) is 0.722. The van der Waals surface area contributed by atoms with Gasteiger partial charge in [0.2, 0.25) is 0 Å². The second-order valence-electron chi connectivity index (χ2n) is 6.80. The van der Waals surface area contributed by atoms with Crippen LogP contribution in [0.3, 0.4) is 0 Å². The van der Waals surface area contributed by atoms with E-state index in [-0.39, 0.29) is 30.6 Å². The monoisotopic (exact) mass is 322 g/mol. The van der Waals surface area contributed by atoms with Crippen LogP contribution in [0.5, 0.6) is 5.75 Å². The van der Waals surface area contributed by atoms with Crippen LogP contribution >= 0.6 is 0 Å². The van der Waals surface area contributed by atoms with E-state index < -0.39 is 5.60 Å². The predicted molar refractivity (Wildman–Crippen MR) is 92.6 cm³/mol. The zero-order valence-electron chi connectivity index (χ0n) is 15.0. The number of amides is 2. The molecule has 1 aromatic rings. The summed E-state index contributed by atoms with van der Waals surface area (Å²) in [6.07, 6.45) is 0.107. The van der Waals surface area contributed by atoms with Crippen molar-refractivity contribution >= 4 is 6.03 Å². The Morgan fingerprint density at radius 1 is 1.26 bits per heavy atom. The molecule has 0 aromatic heterocycles. The van der Waals surface area contributed by atoms with E-state index in [1.165, 1.54) is 0 Å². The van der Waals surface area contributed by atoms with Gasteiger partial charge >= 0.3 is 6.03 Å². The van der Waals surface area contributed by atoms with Gasteiger partial charge in [0.15, 0.2) is 0 Å². The number of rotatable bonds is 7. The molecule has 0 aliphatic heterocycles. The van der Waals surface area contributed by atoms with Crippen LogP contribution in [-0.4, -0.2) is 29.4 Å². The summed E-state index contributed by atoms with van der Waals surface area (Å²) < 4.78 is 5.67. The van der Waals surface area contributed by atoms with Gasteiger partial charge in [-0.05, 0) is 51.3 Å². The Bertz CT molecular complexity index is 513. The van der Waals surface area contributed by atoms with Gasteiger partial charge in [-0.3, -0.25) is 0 Å². The molecule has 5 heteroatoms. The van der Waals surface area contributed by atoms with Gasteiger partial charge in [-0.1, -0.05) is 26.0 Å². The molecule has 0 fully saturated rings. The van der Waals surface area contributed by atoms with Gasteiger partial charge in [0.1, 0.15) is 5.75 Å². The lowest BCUT2D eigenvalue weighted by molar-refractivity contribution is 0.0165. The van der Waals surface area contributed by atoms with Crippen molar-refractivity contribution in [2.45, 2.75) is 59.3 Å². The highest BCUT2D eigenvalue weighted by Crippen LogP contribution is 2.20. The molecule has 0 saturated heterocycles. The van der Waals surface area contributed by atoms with Crippen LogP contribution in [0, 0.1) is 5.92 Å². The first-order chi connectivity index (χ1) is 10.6. The van der Waals surface area contributed by atoms with Crippen molar-refractivity contribution in [1.82, 2.24) is 10.6 Å². The van der Waals surface area contributed by atoms with E-state index in [4.69, 9.17) is 4.74 Å². The molecule has 0 saturated carbocycles. The topological polar surface area (TPSA) is 70.6 Å². The number of urea groups is 1. The predicted octanol–water partition coefficient (Wildman–Crippen LogP) is 3.24. The number of ether oxygens (including phenoxy) is 1. The van der Waals surface area contributed by atoms with E-state index in [9.17, 15) is 9.90 Å². The van der Waals surface area contributed by atoms with Crippen molar-refractivity contribution in [2.24, 2.45) is 5.92 Å². The average molecular weight is 322 g/mol. The van der Waals surface area contributed by atoms with E-state index in [0.717, 1.165) is 11.3 Å². The van der Waals surface area contributed by atoms with Gasteiger partial charge < -0.3 is 20.5 Å². The molecule has 0 spiro atoms. The van der Waals surface area contributed by atoms with Crippen LogP contribution in [-0.2, 0) is 0 Å². The molecule has 0 radical (unpaired) electrons. The summed E-state index contributed by atoms with van der Waals surface area (Å²) in [5.41, 5.74) is 0.0416. The molecule has 3 N–H and O–H groups in total. The van der Waals surface area contributed by atoms with Gasteiger partial charge in [0, 0.05) is 6.54 Å². The molecule has 130 valence electrons. The normalized spacial score (nSPS) is 15.2. The smallest absolute Gasteiger partial charge is 0.315 e. The fraction of sp³-hybridized carbons (Fsp3) is 0.611. The summed E-state index contributed by atoms with van der Waals surface area (Å²) in [7, 11) is 0. The first-order valence-corrected chi connectivity index (χ1v) is 8.15. The zero-order chi connectivity index (χ0) is 17.6. The average Bonchev–Trinajstić information content (AvgIpc) is 2.44. The lowest BCUT2D eigenvalue weighted by Gasteiger charge is -2.28. The third kappa shape index (κ3) is 6.48. The van der Waals surface area contributed by atoms with Crippen molar-refractivity contribution in [3.63, 3.8) is 0 Å². The van der Waals surface area contributed by atoms with E-state index in [1.807, 2.05) is 58.9 Å². The Labute approximate surface area is 139 Å². The highest BCUT2D eigenvalue weighted by molar-refractivity contribution is 5.74. The summed E-state index contributed by atoms with van der Waals surface area (Å²) in [6, 6.07) is 7.23. The van der Waals surface area contributed by atoms with Crippen molar-refractivity contribution in [3.8, 4) is 5.75 Å². The van der Waals surface area contributed by atoms with Gasteiger partial charge in [-0.2, -0.15) is 0 Å². The molecule has 1 aromatic carbocycles. The number of aliphatic hydroxyl groups is 1. The van der Waals surface area contributed by atoms with Crippen molar-refractivity contribution in [3.05, 3.63) is 29.8 Å². The molecule has 2 amide bonds. The van der Waals surface area contributed by atoms with Crippen LogP contribution in [0.1, 0.15) is 53.1 Å². The maximum atomic E-state index is 12.0. The van der Waals surface area contributed by atoms with E-state index in [2.05, 4.69) is 10.6 Å². The molecule has 0 bridgehead atoms. The lowest BCUT2D eigenvalue weighted by atomic mass is 9.93. The number of nitrogens with one attached hydrogen (secondary N) is 2. The minimum atomic E-state index is -0.925. The third-order valence-corrected chi connectivity index (χ3v) is 3.93. The summed E-state index contributed by atoms with van der Waals surface area (Å²) in [4.78, 5) is 12.0. The molecule has 0 aliphatic carbocycles. The van der Waals surface area contributed by atoms with Crippen LogP contribution < -0.4 is 15.4 Å². The summed E-state index contributed by atoms with van der Waals surface area (Å²) in [5, 5.41) is 15.7. The van der Waals surface area contributed by atoms with Gasteiger partial charge in [-0.25, -0.2) is 4.79 Å². The molecule has 0 aliphatic rings. The fourth-order valence-electron chi connectivity index (χ4n) is 1.92. The Morgan fingerprint density at radius 3 is 2.48 bits per heavy atom. The van der Waals surface area contributed by atoms with E-state index >= 15 is 0 Å². The number of benzene rings is 1. The van der Waals surface area contributed by atoms with E-state index in [1.54, 1.807) is 6.92 Å². The van der Waals surface area contributed by atoms with Gasteiger partial charge in [0.05, 0.1) is 17.7 Å². The standard InChI is InChI=1S/C18H30N2O3/c1-12(2)18(6,22)11-19-17(21)20-14(5)15-8-7-9-16(10-15)23-13(3)4/h7-10,12-14,22H,11H2,1-6H3,(H2,19,20,21). The van der Waals surface area contributed by atoms with Crippen molar-refractivity contribution in [1.29, 1.82) is 0 Å². The number of carbonyl (C=O) groups is 1. The minimum Gasteiger partial charge on any atom is -0.491 e. The van der Waals surface area contributed by atoms with Crippen LogP contribution in [0.15, 0.2) is 24.3 Å². The maximum Gasteiger partial charge on any atom is 0.315 e. The molecule has 5 nitrogen and oxygen atoms in total. The maximum absolute atomic E-state index is 12.0. The molecule has 1 rings (SSSR count). The Balaban J connectivity index is 2.58. The first kappa shape index (κ1) is 19.3. The van der Waals surface area contributed by atoms with Crippen LogP contribution in [0.25, 0.3) is 0 Å². The summed E-state index contributed by atoms with van der Waals surface area (Å²) in [5.74, 6) is 0.847. The third-order valence-electron chi connectivity index (χ3n) is 3.93. The molecule has 2 unspecified atom stereocenters. The Kier molecular flexibility index (Phi) is 6.88. The highest BCUT2D eigenvalue weighted by atomic mass is 16.5. The Morgan fingerprint density at radius 2 is 1.91 bits per heavy atom. The number of hydrogen-bond donors (Lipinski definition) is 3. The highest BCUT2D eigenvalue weighted by Gasteiger charge is 2.25. The molecular weight excluding hydrogens is 292 g/mol. The first-order valence-electron chi connectivity index (χ1n) is 8.15. The molecule has 0 heterocycles. The summed E-state index contributed by atoms with van der Waals surface area (Å²) >= 11 is 0. The van der Waals surface area contributed by atoms with E-state index in [0.29, 0.717) is 0 Å². The molecule has 23 heavy (non-hydrogen) atoms. The van der Waals surface area contributed by atoms with Crippen LogP contribution in [0.2, 0.25) is 0 Å². The van der Waals surface area contributed by atoms with Gasteiger partial charge in [-0.15, -0.1) is 0 Å². The van der Waals surface area contributed by atoms with Crippen molar-refractivity contribution < 1.29 is 14.6 Å². The summed E-state index contributed by atoms with van der Waals surface area (Å²) in [6.45, 7) is 11.6. The van der Waals surface area contributed by atoms with Crippen LogP contribution in [0.4, 0.5) is 4.79 Å².